The molecule has 4 rings (SSSR count). The minimum Gasteiger partial charge on any atom is -0.772 e. The van der Waals surface area contributed by atoms with Gasteiger partial charge in [0.25, 0.3) is 0 Å². The van der Waals surface area contributed by atoms with Gasteiger partial charge in [-0.3, -0.25) is 4.21 Å². The van der Waals surface area contributed by atoms with E-state index < -0.39 is 11.1 Å². The van der Waals surface area contributed by atoms with Crippen LogP contribution in [0.3, 0.4) is 0 Å². The molecule has 6 nitrogen and oxygen atoms in total. The third-order valence-corrected chi connectivity index (χ3v) is 5.61. The van der Waals surface area contributed by atoms with Crippen LogP contribution < -0.4 is 10.6 Å². The molecule has 1 atom stereocenters. The Morgan fingerprint density at radius 3 is 2.31 bits per heavy atom. The smallest absolute Gasteiger partial charge is 0.131 e. The van der Waals surface area contributed by atoms with Gasteiger partial charge in [-0.2, -0.15) is 0 Å². The van der Waals surface area contributed by atoms with Crippen molar-refractivity contribution in [1.29, 1.82) is 0 Å². The summed E-state index contributed by atoms with van der Waals surface area (Å²) >= 11 is -2.09. The van der Waals surface area contributed by atoms with E-state index in [1.165, 1.54) is 5.69 Å². The molecule has 0 spiro atoms. The standard InChI is InChI=1S/C22H23N3O3S/c23-22-21(18-5-7-20(8-6-18)25-9-11-28-12-10-25)13-19(14-24-22)17-3-1-16(2-4-17)15-29(26)27/h1-8,13-14H,9-12,15H2,(H2,23,24)(H,26,27)/p-1. The lowest BCUT2D eigenvalue weighted by Gasteiger charge is -2.29. The number of nitrogens with two attached hydrogens (primary N) is 1. The van der Waals surface area contributed by atoms with E-state index >= 15 is 0 Å². The van der Waals surface area contributed by atoms with E-state index in [4.69, 9.17) is 10.5 Å². The van der Waals surface area contributed by atoms with E-state index in [1.54, 1.807) is 6.20 Å². The number of nitrogens with zero attached hydrogens (tertiary/aromatic N) is 2. The molecule has 0 aliphatic carbocycles. The lowest BCUT2D eigenvalue weighted by Crippen LogP contribution is -2.36. The summed E-state index contributed by atoms with van der Waals surface area (Å²) < 4.78 is 27.1. The van der Waals surface area contributed by atoms with Crippen LogP contribution in [-0.2, 0) is 21.6 Å². The predicted octanol–water partition coefficient (Wildman–Crippen LogP) is 3.21. The van der Waals surface area contributed by atoms with Gasteiger partial charge in [-0.15, -0.1) is 0 Å². The number of aromatic nitrogens is 1. The number of nitrogen functional groups attached to an aromatic ring is 1. The van der Waals surface area contributed by atoms with Crippen LogP contribution in [0.2, 0.25) is 0 Å². The molecule has 1 aliphatic heterocycles. The minimum atomic E-state index is -2.09. The Balaban J connectivity index is 1.59. The van der Waals surface area contributed by atoms with Crippen LogP contribution in [0.25, 0.3) is 22.3 Å². The molecule has 1 unspecified atom stereocenters. The minimum absolute atomic E-state index is 0.0149. The van der Waals surface area contributed by atoms with Crippen molar-refractivity contribution < 1.29 is 13.5 Å². The number of pyridine rings is 1. The van der Waals surface area contributed by atoms with Crippen LogP contribution in [0.5, 0.6) is 0 Å². The molecule has 1 aliphatic rings. The van der Waals surface area contributed by atoms with E-state index in [2.05, 4.69) is 34.1 Å². The van der Waals surface area contributed by atoms with Crippen molar-refractivity contribution in [3.8, 4) is 22.3 Å². The average molecular weight is 409 g/mol. The van der Waals surface area contributed by atoms with E-state index in [-0.39, 0.29) is 5.75 Å². The highest BCUT2D eigenvalue weighted by atomic mass is 32.2. The molecule has 0 saturated carbocycles. The first kappa shape index (κ1) is 19.6. The summed E-state index contributed by atoms with van der Waals surface area (Å²) in [5.74, 6) is 0.493. The van der Waals surface area contributed by atoms with Crippen molar-refractivity contribution in [2.45, 2.75) is 5.75 Å². The topological polar surface area (TPSA) is 91.5 Å². The molecule has 3 aromatic rings. The molecule has 2 heterocycles. The van der Waals surface area contributed by atoms with Crippen molar-refractivity contribution in [2.24, 2.45) is 0 Å². The maximum Gasteiger partial charge on any atom is 0.131 e. The summed E-state index contributed by atoms with van der Waals surface area (Å²) in [4.78, 5) is 6.67. The van der Waals surface area contributed by atoms with Crippen molar-refractivity contribution in [3.63, 3.8) is 0 Å². The predicted molar refractivity (Wildman–Crippen MR) is 115 cm³/mol. The molecule has 2 aromatic carbocycles. The fourth-order valence-electron chi connectivity index (χ4n) is 3.47. The largest absolute Gasteiger partial charge is 0.772 e. The normalized spacial score (nSPS) is 15.3. The summed E-state index contributed by atoms with van der Waals surface area (Å²) in [6.07, 6.45) is 1.74. The molecule has 1 fully saturated rings. The second kappa shape index (κ2) is 8.73. The second-order valence-electron chi connectivity index (χ2n) is 6.95. The number of rotatable bonds is 5. The Hall–Kier alpha value is -2.74. The fourth-order valence-corrected chi connectivity index (χ4v) is 3.93. The third-order valence-electron chi connectivity index (χ3n) is 5.04. The van der Waals surface area contributed by atoms with Gasteiger partial charge >= 0.3 is 0 Å². The molecule has 0 bridgehead atoms. The summed E-state index contributed by atoms with van der Waals surface area (Å²) in [6, 6.07) is 17.8. The highest BCUT2D eigenvalue weighted by molar-refractivity contribution is 7.78. The highest BCUT2D eigenvalue weighted by Gasteiger charge is 2.12. The maximum atomic E-state index is 10.9. The van der Waals surface area contributed by atoms with Gasteiger partial charge in [-0.1, -0.05) is 47.5 Å². The van der Waals surface area contributed by atoms with Crippen LogP contribution in [0, 0.1) is 0 Å². The Bertz CT molecular complexity index is 1000. The zero-order chi connectivity index (χ0) is 20.2. The molecule has 29 heavy (non-hydrogen) atoms. The molecule has 1 aromatic heterocycles. The number of hydrogen-bond acceptors (Lipinski definition) is 6. The molecular weight excluding hydrogens is 386 g/mol. The molecule has 150 valence electrons. The number of morpholine rings is 1. The summed E-state index contributed by atoms with van der Waals surface area (Å²) in [5.41, 5.74) is 11.9. The van der Waals surface area contributed by atoms with Gasteiger partial charge in [0.2, 0.25) is 0 Å². The quantitative estimate of drug-likeness (QED) is 0.652. The van der Waals surface area contributed by atoms with Gasteiger partial charge in [0.15, 0.2) is 0 Å². The monoisotopic (exact) mass is 408 g/mol. The average Bonchev–Trinajstić information content (AvgIpc) is 2.75. The van der Waals surface area contributed by atoms with Gasteiger partial charge in [0.05, 0.1) is 13.2 Å². The van der Waals surface area contributed by atoms with E-state index in [1.807, 2.05) is 30.3 Å². The molecule has 1 saturated heterocycles. The van der Waals surface area contributed by atoms with Crippen molar-refractivity contribution in [1.82, 2.24) is 4.98 Å². The Kier molecular flexibility index (Phi) is 5.89. The van der Waals surface area contributed by atoms with Crippen molar-refractivity contribution in [3.05, 3.63) is 66.4 Å². The lowest BCUT2D eigenvalue weighted by atomic mass is 10.00. The van der Waals surface area contributed by atoms with Crippen LogP contribution in [0.1, 0.15) is 5.56 Å². The number of anilines is 2. The number of benzene rings is 2. The van der Waals surface area contributed by atoms with E-state index in [0.29, 0.717) is 5.82 Å². The molecule has 7 heteroatoms. The number of ether oxygens (including phenoxy) is 1. The first-order chi connectivity index (χ1) is 14.1. The molecule has 0 radical (unpaired) electrons. The first-order valence-corrected chi connectivity index (χ1v) is 10.7. The van der Waals surface area contributed by atoms with Crippen LogP contribution >= 0.6 is 0 Å². The molecule has 0 amide bonds. The Morgan fingerprint density at radius 2 is 1.66 bits per heavy atom. The highest BCUT2D eigenvalue weighted by Crippen LogP contribution is 2.31. The third kappa shape index (κ3) is 4.64. The van der Waals surface area contributed by atoms with Gasteiger partial charge in [-0.05, 0) is 34.9 Å². The summed E-state index contributed by atoms with van der Waals surface area (Å²) in [6.45, 7) is 3.30. The van der Waals surface area contributed by atoms with Gasteiger partial charge < -0.3 is 19.9 Å². The van der Waals surface area contributed by atoms with Gasteiger partial charge in [-0.25, -0.2) is 4.98 Å². The van der Waals surface area contributed by atoms with Crippen LogP contribution in [0.4, 0.5) is 11.5 Å². The zero-order valence-electron chi connectivity index (χ0n) is 15.9. The van der Waals surface area contributed by atoms with Crippen LogP contribution in [-0.4, -0.2) is 40.0 Å². The maximum absolute atomic E-state index is 10.9. The number of hydrogen-bond donors (Lipinski definition) is 1. The van der Waals surface area contributed by atoms with E-state index in [9.17, 15) is 8.76 Å². The summed E-state index contributed by atoms with van der Waals surface area (Å²) in [5, 5.41) is 0. The summed E-state index contributed by atoms with van der Waals surface area (Å²) in [7, 11) is 0. The Morgan fingerprint density at radius 1 is 1.00 bits per heavy atom. The van der Waals surface area contributed by atoms with Gasteiger partial charge in [0.1, 0.15) is 5.82 Å². The van der Waals surface area contributed by atoms with E-state index in [0.717, 1.165) is 54.1 Å². The van der Waals surface area contributed by atoms with Crippen LogP contribution in [0.15, 0.2) is 60.8 Å². The fraction of sp³-hybridized carbons (Fsp3) is 0.227. The second-order valence-corrected chi connectivity index (χ2v) is 7.84. The molecule has 2 N–H and O–H groups in total. The Labute approximate surface area is 172 Å². The van der Waals surface area contributed by atoms with Gasteiger partial charge in [0, 0.05) is 41.9 Å². The lowest BCUT2D eigenvalue weighted by molar-refractivity contribution is 0.122. The van der Waals surface area contributed by atoms with Crippen molar-refractivity contribution >= 4 is 22.6 Å². The molecular formula is C22H22N3O3S-. The van der Waals surface area contributed by atoms with Crippen molar-refractivity contribution in [2.75, 3.05) is 36.9 Å². The first-order valence-electron chi connectivity index (χ1n) is 9.44. The SMILES string of the molecule is Nc1ncc(-c2ccc(CS(=O)[O-])cc2)cc1-c1ccc(N2CCOCC2)cc1. The zero-order valence-corrected chi connectivity index (χ0v) is 16.7.